The van der Waals surface area contributed by atoms with Crippen molar-refractivity contribution in [3.63, 3.8) is 0 Å². The molecule has 0 aromatic heterocycles. The normalized spacial score (nSPS) is 12.4. The molecule has 0 aliphatic heterocycles. The van der Waals surface area contributed by atoms with Gasteiger partial charge in [0.2, 0.25) is 0 Å². The molecule has 0 saturated carbocycles. The summed E-state index contributed by atoms with van der Waals surface area (Å²) in [6.45, 7) is 5.47. The van der Waals surface area contributed by atoms with Crippen LogP contribution in [0.1, 0.15) is 20.8 Å². The Bertz CT molecular complexity index is 211. The molecule has 90 valence electrons. The molecule has 0 aromatic carbocycles. The number of hydrogen-bond donors (Lipinski definition) is 4. The fourth-order valence-corrected chi connectivity index (χ4v) is 0.663. The van der Waals surface area contributed by atoms with E-state index >= 15 is 0 Å². The number of carbonyl (C=O) groups excluding carboxylic acids is 1. The molecule has 1 unspecified atom stereocenters. The van der Waals surface area contributed by atoms with Crippen LogP contribution in [-0.4, -0.2) is 36.0 Å². The first kappa shape index (κ1) is 16.4. The molecule has 7 N–H and O–H groups in total. The third-order valence-electron chi connectivity index (χ3n) is 1.50. The van der Waals surface area contributed by atoms with Crippen LogP contribution in [0.5, 0.6) is 0 Å². The number of hydrogen-bond acceptors (Lipinski definition) is 5. The van der Waals surface area contributed by atoms with Gasteiger partial charge in [-0.05, 0) is 0 Å². The molecule has 0 aliphatic carbocycles. The zero-order chi connectivity index (χ0) is 12.6. The van der Waals surface area contributed by atoms with E-state index in [1.165, 1.54) is 0 Å². The number of aliphatic carboxylic acids is 1. The number of carboxylic acid groups (broad SMARTS) is 1. The lowest BCUT2D eigenvalue weighted by molar-refractivity contribution is -0.135. The third kappa shape index (κ3) is 9.33. The summed E-state index contributed by atoms with van der Waals surface area (Å²) in [6.07, 6.45) is 0. The van der Waals surface area contributed by atoms with Gasteiger partial charge in [0.1, 0.15) is 0 Å². The van der Waals surface area contributed by atoms with Gasteiger partial charge in [-0.2, -0.15) is 0 Å². The number of ketones is 1. The summed E-state index contributed by atoms with van der Waals surface area (Å²) in [4.78, 5) is 20.4. The molecular formula is C9H21N3O3. The summed E-state index contributed by atoms with van der Waals surface area (Å²) in [5.74, 6) is -0.944. The van der Waals surface area contributed by atoms with E-state index in [2.05, 4.69) is 5.73 Å². The quantitative estimate of drug-likeness (QED) is 0.477. The van der Waals surface area contributed by atoms with Crippen molar-refractivity contribution < 1.29 is 14.7 Å². The van der Waals surface area contributed by atoms with Gasteiger partial charge in [0.25, 0.3) is 0 Å². The first-order valence-electron chi connectivity index (χ1n) is 4.58. The van der Waals surface area contributed by atoms with Crippen molar-refractivity contribution in [2.45, 2.75) is 26.8 Å². The minimum Gasteiger partial charge on any atom is -0.480 e. The van der Waals surface area contributed by atoms with Crippen LogP contribution in [0.4, 0.5) is 0 Å². The van der Waals surface area contributed by atoms with E-state index < -0.39 is 12.0 Å². The van der Waals surface area contributed by atoms with Crippen molar-refractivity contribution in [1.29, 1.82) is 0 Å². The minimum atomic E-state index is -0.968. The summed E-state index contributed by atoms with van der Waals surface area (Å²) in [6, 6.07) is -0.500. The van der Waals surface area contributed by atoms with Crippen molar-refractivity contribution in [1.82, 2.24) is 0 Å². The fourth-order valence-electron chi connectivity index (χ4n) is 0.663. The Kier molecular flexibility index (Phi) is 8.04. The molecule has 0 heterocycles. The smallest absolute Gasteiger partial charge is 0.317 e. The lowest BCUT2D eigenvalue weighted by Crippen LogP contribution is -2.43. The highest BCUT2D eigenvalue weighted by atomic mass is 16.4. The molecule has 15 heavy (non-hydrogen) atoms. The van der Waals surface area contributed by atoms with Gasteiger partial charge in [-0.25, -0.2) is 0 Å². The predicted molar refractivity (Wildman–Crippen MR) is 58.2 cm³/mol. The lowest BCUT2D eigenvalue weighted by Gasteiger charge is -2.20. The molecule has 0 saturated heterocycles. The van der Waals surface area contributed by atoms with Gasteiger partial charge in [0, 0.05) is 12.0 Å². The van der Waals surface area contributed by atoms with Gasteiger partial charge in [-0.1, -0.05) is 20.8 Å². The summed E-state index contributed by atoms with van der Waals surface area (Å²) in [5, 5.41) is 7.60. The third-order valence-corrected chi connectivity index (χ3v) is 1.50. The molecule has 0 amide bonds. The highest BCUT2D eigenvalue weighted by Gasteiger charge is 2.25. The second-order valence-electron chi connectivity index (χ2n) is 4.05. The van der Waals surface area contributed by atoms with Crippen molar-refractivity contribution in [2.24, 2.45) is 22.6 Å². The Morgan fingerprint density at radius 3 is 1.67 bits per heavy atom. The summed E-state index contributed by atoms with van der Waals surface area (Å²) in [7, 11) is 0. The molecule has 6 nitrogen and oxygen atoms in total. The summed E-state index contributed by atoms with van der Waals surface area (Å²) < 4.78 is 0. The monoisotopic (exact) mass is 219 g/mol. The molecule has 6 heteroatoms. The summed E-state index contributed by atoms with van der Waals surface area (Å²) >= 11 is 0. The Morgan fingerprint density at radius 2 is 1.60 bits per heavy atom. The summed E-state index contributed by atoms with van der Waals surface area (Å²) in [5.41, 5.74) is 14.9. The molecule has 0 radical (unpaired) electrons. The number of carboxylic acids is 1. The standard InChI is InChI=1S/C7H16N2O.C2H5NO2/c1-7(2,3)6(10)5(9)4-8;3-1-2(4)5/h5H,4,8-9H2,1-3H3;1,3H2,(H,4,5). The van der Waals surface area contributed by atoms with Crippen molar-refractivity contribution >= 4 is 11.8 Å². The van der Waals surface area contributed by atoms with E-state index in [-0.39, 0.29) is 24.3 Å². The van der Waals surface area contributed by atoms with Gasteiger partial charge in [0.05, 0.1) is 12.6 Å². The van der Waals surface area contributed by atoms with Crippen molar-refractivity contribution in [2.75, 3.05) is 13.1 Å². The number of Topliss-reactive ketones (excluding diaryl/α,β-unsaturated/α-hetero) is 1. The van der Waals surface area contributed by atoms with E-state index in [1.54, 1.807) is 0 Å². The van der Waals surface area contributed by atoms with Gasteiger partial charge in [0.15, 0.2) is 5.78 Å². The number of rotatable bonds is 3. The molecular weight excluding hydrogens is 198 g/mol. The van der Waals surface area contributed by atoms with Crippen LogP contribution in [-0.2, 0) is 9.59 Å². The highest BCUT2D eigenvalue weighted by molar-refractivity contribution is 5.88. The molecule has 0 spiro atoms. The molecule has 1 atom stereocenters. The highest BCUT2D eigenvalue weighted by Crippen LogP contribution is 2.15. The van der Waals surface area contributed by atoms with Gasteiger partial charge < -0.3 is 22.3 Å². The fraction of sp³-hybridized carbons (Fsp3) is 0.778. The van der Waals surface area contributed by atoms with Crippen LogP contribution < -0.4 is 17.2 Å². The van der Waals surface area contributed by atoms with E-state index in [0.717, 1.165) is 0 Å². The van der Waals surface area contributed by atoms with Crippen LogP contribution in [0.25, 0.3) is 0 Å². The van der Waals surface area contributed by atoms with Gasteiger partial charge >= 0.3 is 5.97 Å². The largest absolute Gasteiger partial charge is 0.480 e. The molecule has 0 fully saturated rings. The van der Waals surface area contributed by atoms with Crippen molar-refractivity contribution in [3.8, 4) is 0 Å². The van der Waals surface area contributed by atoms with Crippen LogP contribution in [0.2, 0.25) is 0 Å². The average molecular weight is 219 g/mol. The maximum Gasteiger partial charge on any atom is 0.317 e. The maximum absolute atomic E-state index is 11.2. The van der Waals surface area contributed by atoms with E-state index in [4.69, 9.17) is 16.6 Å². The Morgan fingerprint density at radius 1 is 1.27 bits per heavy atom. The van der Waals surface area contributed by atoms with Crippen LogP contribution in [0.15, 0.2) is 0 Å². The molecule has 0 aliphatic rings. The molecule has 0 bridgehead atoms. The topological polar surface area (TPSA) is 132 Å². The van der Waals surface area contributed by atoms with Crippen LogP contribution in [0, 0.1) is 5.41 Å². The zero-order valence-corrected chi connectivity index (χ0v) is 9.49. The number of nitrogens with two attached hydrogens (primary N) is 3. The lowest BCUT2D eigenvalue weighted by atomic mass is 9.87. The zero-order valence-electron chi connectivity index (χ0n) is 9.49. The van der Waals surface area contributed by atoms with Gasteiger partial charge in [-0.15, -0.1) is 0 Å². The minimum absolute atomic E-state index is 0.0231. The van der Waals surface area contributed by atoms with Crippen molar-refractivity contribution in [3.05, 3.63) is 0 Å². The predicted octanol–water partition coefficient (Wildman–Crippen LogP) is -1.08. The maximum atomic E-state index is 11.2. The Labute approximate surface area is 89.8 Å². The molecule has 0 aromatic rings. The SMILES string of the molecule is CC(C)(C)C(=O)C(N)CN.NCC(=O)O. The average Bonchev–Trinajstić information content (AvgIpc) is 2.14. The first-order valence-corrected chi connectivity index (χ1v) is 4.58. The van der Waals surface area contributed by atoms with E-state index in [1.807, 2.05) is 20.8 Å². The molecule has 0 rings (SSSR count). The van der Waals surface area contributed by atoms with E-state index in [9.17, 15) is 9.59 Å². The van der Waals surface area contributed by atoms with Crippen LogP contribution in [0.3, 0.4) is 0 Å². The second-order valence-corrected chi connectivity index (χ2v) is 4.05. The number of carbonyl (C=O) groups is 2. The second kappa shape index (κ2) is 7.33. The Hall–Kier alpha value is -0.980. The van der Waals surface area contributed by atoms with Gasteiger partial charge in [-0.3, -0.25) is 9.59 Å². The van der Waals surface area contributed by atoms with E-state index in [0.29, 0.717) is 0 Å². The first-order chi connectivity index (χ1) is 6.66. The Balaban J connectivity index is 0. The van der Waals surface area contributed by atoms with Crippen LogP contribution >= 0.6 is 0 Å².